The molecule has 4 rings (SSSR count). The predicted molar refractivity (Wildman–Crippen MR) is 134 cm³/mol. The fraction of sp³-hybridized carbons (Fsp3) is 0.400. The number of sulfonamides is 1. The van der Waals surface area contributed by atoms with Crippen LogP contribution < -0.4 is 14.8 Å². The summed E-state index contributed by atoms with van der Waals surface area (Å²) in [6, 6.07) is 11.0. The molecule has 0 spiro atoms. The number of carbonyl (C=O) groups is 1. The van der Waals surface area contributed by atoms with Gasteiger partial charge in [-0.05, 0) is 75.1 Å². The number of carbonyl (C=O) groups excluding carboxylic acids is 1. The van der Waals surface area contributed by atoms with E-state index in [9.17, 15) is 13.2 Å². The fourth-order valence-electron chi connectivity index (χ4n) is 4.04. The Morgan fingerprint density at radius 2 is 1.81 bits per heavy atom. The first-order chi connectivity index (χ1) is 17.3. The number of rotatable bonds is 9. The molecular formula is C25H30N4O6S. The van der Waals surface area contributed by atoms with Gasteiger partial charge in [0.2, 0.25) is 15.9 Å². The summed E-state index contributed by atoms with van der Waals surface area (Å²) >= 11 is 0. The molecule has 0 bridgehead atoms. The second kappa shape index (κ2) is 11.1. The van der Waals surface area contributed by atoms with Crippen LogP contribution in [0.2, 0.25) is 0 Å². The van der Waals surface area contributed by atoms with Crippen LogP contribution in [0.4, 0.5) is 6.01 Å². The number of aromatic nitrogens is 2. The van der Waals surface area contributed by atoms with E-state index in [4.69, 9.17) is 13.9 Å². The molecular weight excluding hydrogens is 484 g/mol. The zero-order valence-electron chi connectivity index (χ0n) is 20.6. The second-order valence-corrected chi connectivity index (χ2v) is 10.5. The topological polar surface area (TPSA) is 124 Å². The summed E-state index contributed by atoms with van der Waals surface area (Å²) in [5.41, 5.74) is 0.872. The third-order valence-electron chi connectivity index (χ3n) is 5.81. The highest BCUT2D eigenvalue weighted by atomic mass is 32.2. The van der Waals surface area contributed by atoms with Crippen LogP contribution in [0.5, 0.6) is 11.5 Å². The van der Waals surface area contributed by atoms with Gasteiger partial charge in [0.1, 0.15) is 0 Å². The Kier molecular flexibility index (Phi) is 7.90. The molecule has 192 valence electrons. The van der Waals surface area contributed by atoms with Gasteiger partial charge in [0, 0.05) is 24.2 Å². The van der Waals surface area contributed by atoms with Crippen LogP contribution in [0.3, 0.4) is 0 Å². The van der Waals surface area contributed by atoms with Gasteiger partial charge in [0.25, 0.3) is 5.91 Å². The third kappa shape index (κ3) is 5.68. The minimum atomic E-state index is -3.60. The fourth-order valence-corrected chi connectivity index (χ4v) is 5.63. The average molecular weight is 515 g/mol. The van der Waals surface area contributed by atoms with Crippen molar-refractivity contribution in [2.45, 2.75) is 38.5 Å². The van der Waals surface area contributed by atoms with Gasteiger partial charge in [-0.2, -0.15) is 4.31 Å². The lowest BCUT2D eigenvalue weighted by atomic mass is 10.0. The first kappa shape index (κ1) is 25.6. The van der Waals surface area contributed by atoms with Gasteiger partial charge in [0.05, 0.1) is 18.1 Å². The van der Waals surface area contributed by atoms with E-state index in [1.165, 1.54) is 28.6 Å². The van der Waals surface area contributed by atoms with Gasteiger partial charge in [-0.15, -0.1) is 5.10 Å². The number of nitrogens with one attached hydrogen (secondary N) is 1. The van der Waals surface area contributed by atoms with Gasteiger partial charge in [-0.25, -0.2) is 8.42 Å². The van der Waals surface area contributed by atoms with Crippen LogP contribution in [0.25, 0.3) is 11.5 Å². The maximum atomic E-state index is 12.9. The molecule has 0 radical (unpaired) electrons. The lowest BCUT2D eigenvalue weighted by molar-refractivity contribution is 0.102. The molecule has 1 unspecified atom stereocenters. The van der Waals surface area contributed by atoms with E-state index >= 15 is 0 Å². The van der Waals surface area contributed by atoms with Crippen molar-refractivity contribution in [1.82, 2.24) is 14.5 Å². The number of anilines is 1. The zero-order valence-corrected chi connectivity index (χ0v) is 21.4. The van der Waals surface area contributed by atoms with Crippen molar-refractivity contribution in [2.24, 2.45) is 5.92 Å². The summed E-state index contributed by atoms with van der Waals surface area (Å²) in [6.07, 6.45) is 1.87. The molecule has 1 atom stereocenters. The van der Waals surface area contributed by atoms with Gasteiger partial charge >= 0.3 is 6.01 Å². The summed E-state index contributed by atoms with van der Waals surface area (Å²) in [4.78, 5) is 12.8. The lowest BCUT2D eigenvalue weighted by Crippen LogP contribution is -2.39. The van der Waals surface area contributed by atoms with Crippen molar-refractivity contribution >= 4 is 21.9 Å². The smallest absolute Gasteiger partial charge is 0.322 e. The summed E-state index contributed by atoms with van der Waals surface area (Å²) in [6.45, 7) is 7.79. The van der Waals surface area contributed by atoms with Gasteiger partial charge in [-0.3, -0.25) is 10.1 Å². The number of amides is 1. The first-order valence-electron chi connectivity index (χ1n) is 12.0. The molecule has 0 saturated carbocycles. The summed E-state index contributed by atoms with van der Waals surface area (Å²) in [5, 5.41) is 10.4. The Hall–Kier alpha value is -3.44. The monoisotopic (exact) mass is 514 g/mol. The van der Waals surface area contributed by atoms with Crippen LogP contribution in [0.15, 0.2) is 51.8 Å². The number of nitrogens with zero attached hydrogens (tertiary/aromatic N) is 3. The molecule has 2 heterocycles. The Balaban J connectivity index is 1.45. The molecule has 1 fully saturated rings. The molecule has 1 saturated heterocycles. The molecule has 1 N–H and O–H groups in total. The Morgan fingerprint density at radius 1 is 1.08 bits per heavy atom. The zero-order chi connectivity index (χ0) is 25.7. The van der Waals surface area contributed by atoms with Gasteiger partial charge < -0.3 is 13.9 Å². The van der Waals surface area contributed by atoms with Crippen LogP contribution in [-0.2, 0) is 10.0 Å². The Labute approximate surface area is 210 Å². The van der Waals surface area contributed by atoms with E-state index in [2.05, 4.69) is 15.5 Å². The highest BCUT2D eigenvalue weighted by molar-refractivity contribution is 7.89. The minimum absolute atomic E-state index is 0.0825. The highest BCUT2D eigenvalue weighted by Gasteiger charge is 2.28. The number of benzene rings is 2. The van der Waals surface area contributed by atoms with E-state index in [1.807, 2.05) is 20.8 Å². The lowest BCUT2D eigenvalue weighted by Gasteiger charge is -2.30. The quantitative estimate of drug-likeness (QED) is 0.450. The van der Waals surface area contributed by atoms with E-state index < -0.39 is 15.9 Å². The van der Waals surface area contributed by atoms with Crippen molar-refractivity contribution in [3.8, 4) is 23.0 Å². The van der Waals surface area contributed by atoms with Crippen molar-refractivity contribution in [3.05, 3.63) is 48.0 Å². The van der Waals surface area contributed by atoms with Crippen molar-refractivity contribution in [1.29, 1.82) is 0 Å². The highest BCUT2D eigenvalue weighted by Crippen LogP contribution is 2.33. The van der Waals surface area contributed by atoms with Crippen LogP contribution in [0.1, 0.15) is 44.0 Å². The SMILES string of the molecule is CCOc1ccc(-c2nnc(NC(=O)c3ccc(S(=O)(=O)N4CCCC(C)C4)cc3)o2)cc1OCC. The largest absolute Gasteiger partial charge is 0.490 e. The summed E-state index contributed by atoms with van der Waals surface area (Å²) < 4.78 is 44.2. The maximum absolute atomic E-state index is 12.9. The summed E-state index contributed by atoms with van der Waals surface area (Å²) in [5.74, 6) is 1.19. The first-order valence-corrected chi connectivity index (χ1v) is 13.4. The molecule has 0 aliphatic carbocycles. The van der Waals surface area contributed by atoms with Crippen molar-refractivity contribution in [3.63, 3.8) is 0 Å². The van der Waals surface area contributed by atoms with Crippen molar-refractivity contribution in [2.75, 3.05) is 31.6 Å². The predicted octanol–water partition coefficient (Wildman–Crippen LogP) is 4.21. The normalized spacial score (nSPS) is 16.5. The van der Waals surface area contributed by atoms with E-state index in [0.717, 1.165) is 12.8 Å². The second-order valence-electron chi connectivity index (χ2n) is 8.53. The Morgan fingerprint density at radius 3 is 2.50 bits per heavy atom. The average Bonchev–Trinajstić information content (AvgIpc) is 3.34. The van der Waals surface area contributed by atoms with Crippen LogP contribution in [0, 0.1) is 5.92 Å². The van der Waals surface area contributed by atoms with E-state index in [0.29, 0.717) is 49.3 Å². The minimum Gasteiger partial charge on any atom is -0.490 e. The van der Waals surface area contributed by atoms with E-state index in [1.54, 1.807) is 18.2 Å². The third-order valence-corrected chi connectivity index (χ3v) is 7.69. The molecule has 10 nitrogen and oxygen atoms in total. The number of hydrogen-bond acceptors (Lipinski definition) is 8. The van der Waals surface area contributed by atoms with E-state index in [-0.39, 0.29) is 22.4 Å². The molecule has 36 heavy (non-hydrogen) atoms. The van der Waals surface area contributed by atoms with Gasteiger partial charge in [0.15, 0.2) is 11.5 Å². The molecule has 1 aromatic heterocycles. The van der Waals surface area contributed by atoms with Crippen LogP contribution in [-0.4, -0.2) is 55.1 Å². The molecule has 1 aliphatic heterocycles. The Bertz CT molecular complexity index is 1310. The number of hydrogen-bond donors (Lipinski definition) is 1. The molecule has 3 aromatic rings. The molecule has 11 heteroatoms. The molecule has 1 amide bonds. The van der Waals surface area contributed by atoms with Crippen LogP contribution >= 0.6 is 0 Å². The summed E-state index contributed by atoms with van der Waals surface area (Å²) in [7, 11) is -3.60. The van der Waals surface area contributed by atoms with Gasteiger partial charge in [-0.1, -0.05) is 12.0 Å². The number of ether oxygens (including phenoxy) is 2. The van der Waals surface area contributed by atoms with Crippen molar-refractivity contribution < 1.29 is 27.1 Å². The maximum Gasteiger partial charge on any atom is 0.322 e. The number of piperidine rings is 1. The molecule has 1 aliphatic rings. The molecule has 2 aromatic carbocycles. The standard InChI is InChI=1S/C25H30N4O6S/c1-4-33-21-13-10-19(15-22(21)34-5-2)24-27-28-25(35-24)26-23(30)18-8-11-20(12-9-18)36(31,32)29-14-6-7-17(3)16-29/h8-13,15,17H,4-7,14,16H2,1-3H3,(H,26,28,30).